The summed E-state index contributed by atoms with van der Waals surface area (Å²) in [6, 6.07) is 8.47. The van der Waals surface area contributed by atoms with Crippen molar-refractivity contribution in [1.82, 2.24) is 10.2 Å². The van der Waals surface area contributed by atoms with Gasteiger partial charge >= 0.3 is 0 Å². The highest BCUT2D eigenvalue weighted by Crippen LogP contribution is 2.47. The van der Waals surface area contributed by atoms with Gasteiger partial charge in [-0.3, -0.25) is 9.59 Å². The molecule has 2 aromatic rings. The van der Waals surface area contributed by atoms with Crippen LogP contribution in [0.2, 0.25) is 0 Å². The minimum atomic E-state index is -0.633. The third-order valence-electron chi connectivity index (χ3n) is 6.14. The molecule has 35 heavy (non-hydrogen) atoms. The summed E-state index contributed by atoms with van der Waals surface area (Å²) < 4.78 is 39.2. The second kappa shape index (κ2) is 10.7. The van der Waals surface area contributed by atoms with Crippen molar-refractivity contribution in [2.75, 3.05) is 32.6 Å². The summed E-state index contributed by atoms with van der Waals surface area (Å²) in [5.74, 6) is -1.19. The van der Waals surface area contributed by atoms with Gasteiger partial charge in [-0.15, -0.1) is 0 Å². The van der Waals surface area contributed by atoms with E-state index in [1.165, 1.54) is 0 Å². The van der Waals surface area contributed by atoms with E-state index in [1.54, 1.807) is 17.0 Å². The maximum atomic E-state index is 13.8. The quantitative estimate of drug-likeness (QED) is 0.526. The SMILES string of the molecule is CN(C)CC(=O)Nc1ccc2c(c1)[C@@H]1C[C@@H](CC(=O)NCc3cc(F)ccc3F)O[C@@H](CO)[C@@H]1O2. The Balaban J connectivity index is 1.42. The van der Waals surface area contributed by atoms with Crippen molar-refractivity contribution < 1.29 is 33.0 Å². The van der Waals surface area contributed by atoms with Crippen molar-refractivity contribution in [3.8, 4) is 5.75 Å². The summed E-state index contributed by atoms with van der Waals surface area (Å²) >= 11 is 0. The molecule has 2 aliphatic rings. The van der Waals surface area contributed by atoms with Crippen LogP contribution in [0.3, 0.4) is 0 Å². The molecule has 188 valence electrons. The molecule has 2 amide bonds. The number of anilines is 1. The van der Waals surface area contributed by atoms with Crippen LogP contribution in [0.1, 0.15) is 29.9 Å². The number of likely N-dealkylation sites (N-methyl/N-ethyl adjacent to an activating group) is 1. The number of fused-ring (bicyclic) bond motifs is 3. The van der Waals surface area contributed by atoms with Crippen LogP contribution < -0.4 is 15.4 Å². The topological polar surface area (TPSA) is 100 Å². The highest BCUT2D eigenvalue weighted by molar-refractivity contribution is 5.92. The lowest BCUT2D eigenvalue weighted by Gasteiger charge is -2.37. The summed E-state index contributed by atoms with van der Waals surface area (Å²) in [4.78, 5) is 26.4. The summed E-state index contributed by atoms with van der Waals surface area (Å²) in [6.07, 6.45) is -1.10. The number of hydrogen-bond donors (Lipinski definition) is 3. The van der Waals surface area contributed by atoms with E-state index in [0.717, 1.165) is 23.8 Å². The fraction of sp³-hybridized carbons (Fsp3) is 0.440. The van der Waals surface area contributed by atoms with Crippen LogP contribution in [-0.2, 0) is 20.9 Å². The number of amides is 2. The Morgan fingerprint density at radius 1 is 1.14 bits per heavy atom. The maximum absolute atomic E-state index is 13.8. The van der Waals surface area contributed by atoms with E-state index in [4.69, 9.17) is 9.47 Å². The van der Waals surface area contributed by atoms with Crippen LogP contribution in [0.4, 0.5) is 14.5 Å². The standard InChI is InChI=1S/C25H29F2N3O5/c1-30(2)12-24(33)29-16-4-6-21-18(8-16)19-9-17(34-22(13-31)25(19)35-21)10-23(32)28-11-14-7-15(26)3-5-20(14)27/h3-8,17,19,22,25,31H,9-13H2,1-2H3,(H,28,32)(H,29,33)/t17-,19-,22-,25+/m0/s1. The van der Waals surface area contributed by atoms with Gasteiger partial charge < -0.3 is 30.1 Å². The lowest BCUT2D eigenvalue weighted by atomic mass is 9.84. The number of ether oxygens (including phenoxy) is 2. The Kier molecular flexibility index (Phi) is 7.63. The molecule has 8 nitrogen and oxygen atoms in total. The molecule has 0 radical (unpaired) electrons. The Morgan fingerprint density at radius 2 is 1.94 bits per heavy atom. The van der Waals surface area contributed by atoms with E-state index < -0.39 is 29.9 Å². The normalized spacial score (nSPS) is 22.8. The molecule has 2 aromatic carbocycles. The van der Waals surface area contributed by atoms with Crippen LogP contribution in [0.15, 0.2) is 36.4 Å². The van der Waals surface area contributed by atoms with Crippen LogP contribution in [0.5, 0.6) is 5.75 Å². The molecule has 0 saturated carbocycles. The van der Waals surface area contributed by atoms with Crippen LogP contribution in [-0.4, -0.2) is 67.4 Å². The summed E-state index contributed by atoms with van der Waals surface area (Å²) in [5.41, 5.74) is 1.57. The fourth-order valence-corrected chi connectivity index (χ4v) is 4.61. The van der Waals surface area contributed by atoms with E-state index >= 15 is 0 Å². The molecule has 1 saturated heterocycles. The molecular formula is C25H29F2N3O5. The van der Waals surface area contributed by atoms with Gasteiger partial charge in [-0.1, -0.05) is 0 Å². The zero-order valence-electron chi connectivity index (χ0n) is 19.6. The fourth-order valence-electron chi connectivity index (χ4n) is 4.61. The van der Waals surface area contributed by atoms with Gasteiger partial charge in [-0.2, -0.15) is 0 Å². The number of halogens is 2. The largest absolute Gasteiger partial charge is 0.487 e. The monoisotopic (exact) mass is 489 g/mol. The number of nitrogens with zero attached hydrogens (tertiary/aromatic N) is 1. The number of rotatable bonds is 8. The predicted octanol–water partition coefficient (Wildman–Crippen LogP) is 2.17. The number of hydrogen-bond acceptors (Lipinski definition) is 6. The average Bonchev–Trinajstić information content (AvgIpc) is 3.16. The van der Waals surface area contributed by atoms with Crippen molar-refractivity contribution >= 4 is 17.5 Å². The maximum Gasteiger partial charge on any atom is 0.238 e. The Hall–Kier alpha value is -3.08. The molecule has 3 N–H and O–H groups in total. The first-order chi connectivity index (χ1) is 16.7. The van der Waals surface area contributed by atoms with Crippen molar-refractivity contribution in [1.29, 1.82) is 0 Å². The van der Waals surface area contributed by atoms with Gasteiger partial charge in [0.2, 0.25) is 11.8 Å². The van der Waals surface area contributed by atoms with Crippen molar-refractivity contribution in [2.45, 2.75) is 43.6 Å². The Morgan fingerprint density at radius 3 is 2.69 bits per heavy atom. The number of carbonyl (C=O) groups is 2. The van der Waals surface area contributed by atoms with Gasteiger partial charge in [-0.05, 0) is 56.9 Å². The second-order valence-corrected chi connectivity index (χ2v) is 9.16. The highest BCUT2D eigenvalue weighted by Gasteiger charge is 2.46. The number of nitrogens with one attached hydrogen (secondary N) is 2. The van der Waals surface area contributed by atoms with Crippen LogP contribution in [0, 0.1) is 11.6 Å². The molecule has 0 bridgehead atoms. The third-order valence-corrected chi connectivity index (χ3v) is 6.14. The van der Waals surface area contributed by atoms with Crippen LogP contribution in [0.25, 0.3) is 0 Å². The molecule has 0 aliphatic carbocycles. The van der Waals surface area contributed by atoms with Crippen molar-refractivity contribution in [3.63, 3.8) is 0 Å². The first kappa shape index (κ1) is 25.0. The first-order valence-corrected chi connectivity index (χ1v) is 11.5. The van der Waals surface area contributed by atoms with Gasteiger partial charge in [0.1, 0.15) is 29.6 Å². The first-order valence-electron chi connectivity index (χ1n) is 11.5. The molecule has 4 rings (SSSR count). The minimum Gasteiger partial charge on any atom is -0.487 e. The molecule has 2 heterocycles. The molecule has 10 heteroatoms. The molecule has 0 aromatic heterocycles. The van der Waals surface area contributed by atoms with E-state index in [2.05, 4.69) is 10.6 Å². The van der Waals surface area contributed by atoms with Gasteiger partial charge in [0.25, 0.3) is 0 Å². The molecule has 1 fully saturated rings. The Bertz CT molecular complexity index is 1100. The minimum absolute atomic E-state index is 0.00868. The number of aliphatic hydroxyl groups excluding tert-OH is 1. The molecule has 0 spiro atoms. The van der Waals surface area contributed by atoms with E-state index in [1.807, 2.05) is 20.2 Å². The van der Waals surface area contributed by atoms with Crippen molar-refractivity contribution in [3.05, 3.63) is 59.2 Å². The Labute approximate surface area is 202 Å². The lowest BCUT2D eigenvalue weighted by Crippen LogP contribution is -2.47. The summed E-state index contributed by atoms with van der Waals surface area (Å²) in [6.45, 7) is -0.183. The zero-order valence-corrected chi connectivity index (χ0v) is 19.6. The summed E-state index contributed by atoms with van der Waals surface area (Å²) in [7, 11) is 3.62. The number of benzene rings is 2. The number of aliphatic hydroxyl groups is 1. The van der Waals surface area contributed by atoms with Crippen molar-refractivity contribution in [2.24, 2.45) is 0 Å². The lowest BCUT2D eigenvalue weighted by molar-refractivity contribution is -0.142. The highest BCUT2D eigenvalue weighted by atomic mass is 19.1. The third kappa shape index (κ3) is 5.95. The smallest absolute Gasteiger partial charge is 0.238 e. The van der Waals surface area contributed by atoms with E-state index in [0.29, 0.717) is 17.9 Å². The number of carbonyl (C=O) groups excluding carboxylic acids is 2. The van der Waals surface area contributed by atoms with Gasteiger partial charge in [0.05, 0.1) is 25.7 Å². The average molecular weight is 490 g/mol. The van der Waals surface area contributed by atoms with E-state index in [9.17, 15) is 23.5 Å². The summed E-state index contributed by atoms with van der Waals surface area (Å²) in [5, 5.41) is 15.4. The molecule has 0 unspecified atom stereocenters. The zero-order chi connectivity index (χ0) is 25.1. The van der Waals surface area contributed by atoms with E-state index in [-0.39, 0.29) is 49.4 Å². The van der Waals surface area contributed by atoms with Crippen LogP contribution >= 0.6 is 0 Å². The van der Waals surface area contributed by atoms with Gasteiger partial charge in [0, 0.05) is 29.3 Å². The van der Waals surface area contributed by atoms with Gasteiger partial charge in [0.15, 0.2) is 0 Å². The molecule has 2 aliphatic heterocycles. The molecular weight excluding hydrogens is 460 g/mol. The molecule has 4 atom stereocenters. The predicted molar refractivity (Wildman–Crippen MR) is 124 cm³/mol. The second-order valence-electron chi connectivity index (χ2n) is 9.16. The van der Waals surface area contributed by atoms with Gasteiger partial charge in [-0.25, -0.2) is 8.78 Å².